The maximum atomic E-state index is 10.1. The Kier molecular flexibility index (Phi) is 4.37. The van der Waals surface area contributed by atoms with E-state index in [4.69, 9.17) is 18.0 Å². The summed E-state index contributed by atoms with van der Waals surface area (Å²) in [5.74, 6) is 0.828. The van der Waals surface area contributed by atoms with Crippen molar-refractivity contribution >= 4 is 23.0 Å². The minimum atomic E-state index is -0.283. The molecule has 1 heterocycles. The molecule has 1 aromatic rings. The van der Waals surface area contributed by atoms with Crippen LogP contribution in [0.1, 0.15) is 36.9 Å². The number of aryl methyl sites for hydroxylation is 1. The highest BCUT2D eigenvalue weighted by atomic mass is 32.1. The largest absolute Gasteiger partial charge is 0.391 e. The van der Waals surface area contributed by atoms with Crippen LogP contribution in [0.15, 0.2) is 12.1 Å². The Balaban J connectivity index is 2.27. The molecule has 2 rings (SSSR count). The summed E-state index contributed by atoms with van der Waals surface area (Å²) in [6, 6.07) is 3.91. The molecule has 0 radical (unpaired) electrons. The van der Waals surface area contributed by atoms with Crippen molar-refractivity contribution in [1.82, 2.24) is 4.98 Å². The van der Waals surface area contributed by atoms with E-state index in [2.05, 4.69) is 9.88 Å². The number of nitrogens with two attached hydrogens (primary N) is 1. The second kappa shape index (κ2) is 5.84. The summed E-state index contributed by atoms with van der Waals surface area (Å²) >= 11 is 5.03. The van der Waals surface area contributed by atoms with E-state index in [0.717, 1.165) is 42.8 Å². The predicted molar refractivity (Wildman–Crippen MR) is 81.5 cm³/mol. The third-order valence-electron chi connectivity index (χ3n) is 3.78. The molecular formula is C14H21N3OS. The summed E-state index contributed by atoms with van der Waals surface area (Å²) < 4.78 is 0. The maximum Gasteiger partial charge on any atom is 0.129 e. The minimum Gasteiger partial charge on any atom is -0.391 e. The molecular weight excluding hydrogens is 258 g/mol. The number of hydrogen-bond donors (Lipinski definition) is 2. The molecule has 0 aromatic carbocycles. The van der Waals surface area contributed by atoms with E-state index in [1.807, 2.05) is 26.1 Å². The van der Waals surface area contributed by atoms with Gasteiger partial charge in [-0.2, -0.15) is 0 Å². The molecule has 4 nitrogen and oxygen atoms in total. The van der Waals surface area contributed by atoms with Crippen molar-refractivity contribution in [2.24, 2.45) is 5.73 Å². The van der Waals surface area contributed by atoms with Gasteiger partial charge in [0, 0.05) is 18.3 Å². The van der Waals surface area contributed by atoms with E-state index in [1.54, 1.807) is 0 Å². The lowest BCUT2D eigenvalue weighted by atomic mass is 9.91. The first kappa shape index (κ1) is 14.2. The Morgan fingerprint density at radius 3 is 2.74 bits per heavy atom. The van der Waals surface area contributed by atoms with Crippen LogP contribution in [-0.2, 0) is 0 Å². The summed E-state index contributed by atoms with van der Waals surface area (Å²) in [6.07, 6.45) is 3.83. The molecule has 0 saturated heterocycles. The van der Waals surface area contributed by atoms with Crippen LogP contribution in [0.3, 0.4) is 0 Å². The van der Waals surface area contributed by atoms with Crippen molar-refractivity contribution in [1.29, 1.82) is 0 Å². The molecule has 1 saturated carbocycles. The van der Waals surface area contributed by atoms with Gasteiger partial charge in [0.2, 0.25) is 0 Å². The van der Waals surface area contributed by atoms with Crippen molar-refractivity contribution in [2.75, 3.05) is 11.9 Å². The van der Waals surface area contributed by atoms with Gasteiger partial charge in [-0.15, -0.1) is 0 Å². The zero-order chi connectivity index (χ0) is 14.0. The maximum absolute atomic E-state index is 10.1. The fraction of sp³-hybridized carbons (Fsp3) is 0.571. The molecule has 1 aliphatic carbocycles. The molecule has 0 bridgehead atoms. The zero-order valence-electron chi connectivity index (χ0n) is 11.5. The fourth-order valence-corrected chi connectivity index (χ4v) is 2.81. The molecule has 19 heavy (non-hydrogen) atoms. The molecule has 0 amide bonds. The number of rotatable bonds is 3. The molecule has 1 aliphatic rings. The number of hydrogen-bond acceptors (Lipinski definition) is 4. The van der Waals surface area contributed by atoms with Crippen LogP contribution in [-0.4, -0.2) is 34.3 Å². The van der Waals surface area contributed by atoms with Gasteiger partial charge < -0.3 is 15.7 Å². The SMILES string of the molecule is Cc1cc(C(N)=S)cc(N(C)C2CCCCC2O)n1. The average molecular weight is 279 g/mol. The van der Waals surface area contributed by atoms with Crippen LogP contribution in [0.5, 0.6) is 0 Å². The first-order chi connectivity index (χ1) is 8.99. The van der Waals surface area contributed by atoms with Crippen LogP contribution in [0.4, 0.5) is 5.82 Å². The topological polar surface area (TPSA) is 62.4 Å². The predicted octanol–water partition coefficient (Wildman–Crippen LogP) is 1.76. The van der Waals surface area contributed by atoms with Crippen molar-refractivity contribution in [3.63, 3.8) is 0 Å². The van der Waals surface area contributed by atoms with Crippen molar-refractivity contribution in [3.05, 3.63) is 23.4 Å². The molecule has 104 valence electrons. The number of pyridine rings is 1. The molecule has 1 fully saturated rings. The number of aliphatic hydroxyl groups is 1. The Morgan fingerprint density at radius 1 is 1.42 bits per heavy atom. The average Bonchev–Trinajstić information content (AvgIpc) is 2.37. The minimum absolute atomic E-state index is 0.127. The lowest BCUT2D eigenvalue weighted by Gasteiger charge is -2.36. The monoisotopic (exact) mass is 279 g/mol. The second-order valence-electron chi connectivity index (χ2n) is 5.25. The number of thiocarbonyl (C=S) groups is 1. The number of anilines is 1. The Morgan fingerprint density at radius 2 is 2.11 bits per heavy atom. The van der Waals surface area contributed by atoms with E-state index in [-0.39, 0.29) is 12.1 Å². The van der Waals surface area contributed by atoms with E-state index in [9.17, 15) is 5.11 Å². The molecule has 0 aliphatic heterocycles. The summed E-state index contributed by atoms with van der Waals surface area (Å²) in [4.78, 5) is 6.96. The summed E-state index contributed by atoms with van der Waals surface area (Å²) in [7, 11) is 1.98. The van der Waals surface area contributed by atoms with Gasteiger partial charge >= 0.3 is 0 Å². The third-order valence-corrected chi connectivity index (χ3v) is 4.01. The van der Waals surface area contributed by atoms with E-state index in [0.29, 0.717) is 4.99 Å². The van der Waals surface area contributed by atoms with E-state index < -0.39 is 0 Å². The molecule has 3 N–H and O–H groups in total. The van der Waals surface area contributed by atoms with E-state index in [1.165, 1.54) is 0 Å². The number of aromatic nitrogens is 1. The van der Waals surface area contributed by atoms with Gasteiger partial charge in [0.05, 0.1) is 12.1 Å². The third kappa shape index (κ3) is 3.22. The van der Waals surface area contributed by atoms with Gasteiger partial charge in [0.15, 0.2) is 0 Å². The van der Waals surface area contributed by atoms with Gasteiger partial charge in [-0.3, -0.25) is 0 Å². The lowest BCUT2D eigenvalue weighted by molar-refractivity contribution is 0.106. The molecule has 5 heteroatoms. The van der Waals surface area contributed by atoms with Crippen molar-refractivity contribution < 1.29 is 5.11 Å². The molecule has 0 spiro atoms. The quantitative estimate of drug-likeness (QED) is 0.826. The zero-order valence-corrected chi connectivity index (χ0v) is 12.3. The fourth-order valence-electron chi connectivity index (χ4n) is 2.69. The molecule has 2 atom stereocenters. The van der Waals surface area contributed by atoms with Gasteiger partial charge in [-0.25, -0.2) is 4.98 Å². The second-order valence-corrected chi connectivity index (χ2v) is 5.69. The number of aliphatic hydroxyl groups excluding tert-OH is 1. The Bertz CT molecular complexity index is 478. The van der Waals surface area contributed by atoms with Gasteiger partial charge in [-0.1, -0.05) is 25.1 Å². The lowest BCUT2D eigenvalue weighted by Crippen LogP contribution is -2.44. The van der Waals surface area contributed by atoms with Crippen molar-refractivity contribution in [2.45, 2.75) is 44.8 Å². The van der Waals surface area contributed by atoms with Crippen LogP contribution in [0.2, 0.25) is 0 Å². The molecule has 1 aromatic heterocycles. The van der Waals surface area contributed by atoms with Gasteiger partial charge in [0.1, 0.15) is 10.8 Å². The first-order valence-electron chi connectivity index (χ1n) is 6.68. The number of nitrogens with zero attached hydrogens (tertiary/aromatic N) is 2. The van der Waals surface area contributed by atoms with E-state index >= 15 is 0 Å². The van der Waals surface area contributed by atoms with Crippen LogP contribution in [0, 0.1) is 6.92 Å². The Labute approximate surface area is 119 Å². The van der Waals surface area contributed by atoms with Crippen molar-refractivity contribution in [3.8, 4) is 0 Å². The normalized spacial score (nSPS) is 23.1. The first-order valence-corrected chi connectivity index (χ1v) is 7.09. The Hall–Kier alpha value is -1.20. The highest BCUT2D eigenvalue weighted by Gasteiger charge is 2.27. The summed E-state index contributed by atoms with van der Waals surface area (Å²) in [5.41, 5.74) is 7.41. The highest BCUT2D eigenvalue weighted by Crippen LogP contribution is 2.26. The van der Waals surface area contributed by atoms with Crippen LogP contribution >= 0.6 is 12.2 Å². The number of likely N-dealkylation sites (N-methyl/N-ethyl adjacent to an activating group) is 1. The van der Waals surface area contributed by atoms with Crippen LogP contribution in [0.25, 0.3) is 0 Å². The van der Waals surface area contributed by atoms with Gasteiger partial charge in [-0.05, 0) is 31.9 Å². The summed E-state index contributed by atoms with van der Waals surface area (Å²) in [6.45, 7) is 1.93. The standard InChI is InChI=1S/C14H21N3OS/c1-9-7-10(14(15)19)8-13(16-9)17(2)11-5-3-4-6-12(11)18/h7-8,11-12,18H,3-6H2,1-2H3,(H2,15,19). The van der Waals surface area contributed by atoms with Crippen LogP contribution < -0.4 is 10.6 Å². The van der Waals surface area contributed by atoms with Gasteiger partial charge in [0.25, 0.3) is 0 Å². The molecule has 2 unspecified atom stereocenters. The highest BCUT2D eigenvalue weighted by molar-refractivity contribution is 7.80. The smallest absolute Gasteiger partial charge is 0.129 e. The summed E-state index contributed by atoms with van der Waals surface area (Å²) in [5, 5.41) is 10.1.